The number of furan rings is 1. The van der Waals surface area contributed by atoms with Crippen LogP contribution < -0.4 is 10.1 Å². The maximum absolute atomic E-state index is 12.6. The van der Waals surface area contributed by atoms with E-state index in [1.165, 1.54) is 24.5 Å². The number of rotatable bonds is 8. The van der Waals surface area contributed by atoms with E-state index >= 15 is 0 Å². The lowest BCUT2D eigenvalue weighted by Gasteiger charge is -2.10. The number of ether oxygens (including phenoxy) is 1. The number of benzene rings is 1. The zero-order valence-electron chi connectivity index (χ0n) is 15.3. The van der Waals surface area contributed by atoms with Gasteiger partial charge in [0, 0.05) is 23.9 Å². The summed E-state index contributed by atoms with van der Waals surface area (Å²) in [4.78, 5) is 16.9. The molecule has 3 rings (SSSR count). The molecule has 0 aliphatic rings. The second-order valence-electron chi connectivity index (χ2n) is 5.93. The first kappa shape index (κ1) is 19.6. The summed E-state index contributed by atoms with van der Waals surface area (Å²) in [6, 6.07) is 13.1. The number of hydrogen-bond acceptors (Lipinski definition) is 6. The van der Waals surface area contributed by atoms with Gasteiger partial charge in [0.05, 0.1) is 23.5 Å². The zero-order valence-corrected chi connectivity index (χ0v) is 16.1. The van der Waals surface area contributed by atoms with Gasteiger partial charge in [0.2, 0.25) is 5.88 Å². The average molecular weight is 400 g/mol. The largest absolute Gasteiger partial charge is 0.478 e. The first-order valence-electron chi connectivity index (χ1n) is 8.70. The van der Waals surface area contributed by atoms with Gasteiger partial charge in [0.25, 0.3) is 5.91 Å². The summed E-state index contributed by atoms with van der Waals surface area (Å²) in [5.74, 6) is -0.416. The third-order valence-electron chi connectivity index (χ3n) is 3.97. The van der Waals surface area contributed by atoms with Crippen molar-refractivity contribution < 1.29 is 22.4 Å². The van der Waals surface area contributed by atoms with E-state index in [0.717, 1.165) is 0 Å². The van der Waals surface area contributed by atoms with Crippen LogP contribution in [0.25, 0.3) is 0 Å². The van der Waals surface area contributed by atoms with Gasteiger partial charge in [-0.2, -0.15) is 0 Å². The molecule has 0 saturated carbocycles. The Balaban J connectivity index is 1.72. The predicted molar refractivity (Wildman–Crippen MR) is 103 cm³/mol. The third-order valence-corrected chi connectivity index (χ3v) is 5.65. The number of amides is 1. The van der Waals surface area contributed by atoms with Crippen molar-refractivity contribution in [3.05, 3.63) is 77.9 Å². The number of carbonyl (C=O) groups excluding carboxylic acids is 1. The molecular weight excluding hydrogens is 380 g/mol. The number of carbonyl (C=O) groups is 1. The number of nitrogens with zero attached hydrogens (tertiary/aromatic N) is 1. The highest BCUT2D eigenvalue weighted by molar-refractivity contribution is 7.90. The van der Waals surface area contributed by atoms with E-state index in [4.69, 9.17) is 9.15 Å². The van der Waals surface area contributed by atoms with E-state index in [0.29, 0.717) is 23.6 Å². The molecule has 1 amide bonds. The molecule has 0 aliphatic heterocycles. The highest BCUT2D eigenvalue weighted by Crippen LogP contribution is 2.20. The molecule has 0 atom stereocenters. The fourth-order valence-electron chi connectivity index (χ4n) is 2.65. The lowest BCUT2D eigenvalue weighted by Crippen LogP contribution is -2.24. The van der Waals surface area contributed by atoms with Gasteiger partial charge in [-0.05, 0) is 31.2 Å². The van der Waals surface area contributed by atoms with Gasteiger partial charge >= 0.3 is 0 Å². The number of pyridine rings is 1. The van der Waals surface area contributed by atoms with E-state index in [1.54, 1.807) is 36.5 Å². The second kappa shape index (κ2) is 8.71. The maximum atomic E-state index is 12.6. The predicted octanol–water partition coefficient (Wildman–Crippen LogP) is 2.98. The quantitative estimate of drug-likeness (QED) is 0.624. The van der Waals surface area contributed by atoms with E-state index in [2.05, 4.69) is 10.3 Å². The molecule has 28 heavy (non-hydrogen) atoms. The average Bonchev–Trinajstić information content (AvgIpc) is 3.15. The maximum Gasteiger partial charge on any atom is 0.287 e. The third kappa shape index (κ3) is 4.58. The summed E-state index contributed by atoms with van der Waals surface area (Å²) in [7, 11) is -3.59. The molecule has 0 radical (unpaired) electrons. The van der Waals surface area contributed by atoms with Crippen molar-refractivity contribution in [1.29, 1.82) is 0 Å². The summed E-state index contributed by atoms with van der Waals surface area (Å²) in [6.45, 7) is 2.48. The smallest absolute Gasteiger partial charge is 0.287 e. The van der Waals surface area contributed by atoms with Crippen molar-refractivity contribution in [3.63, 3.8) is 0 Å². The number of aromatic nitrogens is 1. The molecule has 2 aromatic heterocycles. The van der Waals surface area contributed by atoms with Crippen LogP contribution in [-0.2, 0) is 22.1 Å². The Morgan fingerprint density at radius 3 is 2.64 bits per heavy atom. The molecule has 0 saturated heterocycles. The Bertz CT molecular complexity index is 1050. The van der Waals surface area contributed by atoms with Crippen molar-refractivity contribution in [2.24, 2.45) is 0 Å². The SMILES string of the molecule is CCOc1ncccc1CNC(=O)c1occc1CS(=O)(=O)c1ccccc1. The van der Waals surface area contributed by atoms with E-state index in [1.807, 2.05) is 6.92 Å². The Kier molecular flexibility index (Phi) is 6.10. The van der Waals surface area contributed by atoms with Crippen molar-refractivity contribution in [2.75, 3.05) is 6.61 Å². The van der Waals surface area contributed by atoms with Crippen molar-refractivity contribution in [1.82, 2.24) is 10.3 Å². The first-order valence-corrected chi connectivity index (χ1v) is 10.4. The number of nitrogens with one attached hydrogen (secondary N) is 1. The van der Waals surface area contributed by atoms with Crippen LogP contribution >= 0.6 is 0 Å². The van der Waals surface area contributed by atoms with Crippen LogP contribution in [0.5, 0.6) is 5.88 Å². The molecule has 0 bridgehead atoms. The molecule has 8 heteroatoms. The van der Waals surface area contributed by atoms with Crippen LogP contribution in [0, 0.1) is 0 Å². The van der Waals surface area contributed by atoms with Gasteiger partial charge in [-0.1, -0.05) is 24.3 Å². The molecule has 0 fully saturated rings. The van der Waals surface area contributed by atoms with Crippen LogP contribution in [0.1, 0.15) is 28.6 Å². The number of sulfone groups is 1. The van der Waals surface area contributed by atoms with Crippen molar-refractivity contribution in [2.45, 2.75) is 24.1 Å². The normalized spacial score (nSPS) is 11.2. The van der Waals surface area contributed by atoms with Crippen LogP contribution in [0.3, 0.4) is 0 Å². The van der Waals surface area contributed by atoms with E-state index < -0.39 is 15.7 Å². The molecule has 7 nitrogen and oxygen atoms in total. The monoisotopic (exact) mass is 400 g/mol. The molecule has 1 N–H and O–H groups in total. The van der Waals surface area contributed by atoms with E-state index in [-0.39, 0.29) is 23.0 Å². The summed E-state index contributed by atoms with van der Waals surface area (Å²) >= 11 is 0. The fourth-order valence-corrected chi connectivity index (χ4v) is 4.02. The minimum absolute atomic E-state index is 0.0265. The molecule has 2 heterocycles. The second-order valence-corrected chi connectivity index (χ2v) is 7.92. The van der Waals surface area contributed by atoms with Crippen LogP contribution in [-0.4, -0.2) is 25.9 Å². The Morgan fingerprint density at radius 1 is 1.11 bits per heavy atom. The minimum Gasteiger partial charge on any atom is -0.478 e. The molecule has 0 unspecified atom stereocenters. The van der Waals surface area contributed by atoms with Gasteiger partial charge in [0.1, 0.15) is 0 Å². The van der Waals surface area contributed by atoms with Gasteiger partial charge in [-0.25, -0.2) is 13.4 Å². The van der Waals surface area contributed by atoms with Gasteiger partial charge in [-0.3, -0.25) is 4.79 Å². The lowest BCUT2D eigenvalue weighted by molar-refractivity contribution is 0.0922. The lowest BCUT2D eigenvalue weighted by atomic mass is 10.2. The number of hydrogen-bond donors (Lipinski definition) is 1. The Labute approximate surface area is 163 Å². The highest BCUT2D eigenvalue weighted by atomic mass is 32.2. The first-order chi connectivity index (χ1) is 13.5. The molecule has 1 aromatic carbocycles. The topological polar surface area (TPSA) is 98.5 Å². The standard InChI is InChI=1S/C20H20N2O5S/c1-2-26-20-15(7-6-11-21-20)13-22-19(23)18-16(10-12-27-18)14-28(24,25)17-8-4-3-5-9-17/h3-12H,2,13-14H2,1H3,(H,22,23). The van der Waals surface area contributed by atoms with Crippen LogP contribution in [0.2, 0.25) is 0 Å². The summed E-state index contributed by atoms with van der Waals surface area (Å²) < 4.78 is 35.8. The molecule has 0 aliphatic carbocycles. The molecular formula is C20H20N2O5S. The van der Waals surface area contributed by atoms with Crippen molar-refractivity contribution in [3.8, 4) is 5.88 Å². The summed E-state index contributed by atoms with van der Waals surface area (Å²) in [6.07, 6.45) is 2.91. The van der Waals surface area contributed by atoms with Crippen LogP contribution in [0.4, 0.5) is 0 Å². The minimum atomic E-state index is -3.59. The van der Waals surface area contributed by atoms with E-state index in [9.17, 15) is 13.2 Å². The zero-order chi connectivity index (χ0) is 20.0. The molecule has 3 aromatic rings. The molecule has 146 valence electrons. The summed E-state index contributed by atoms with van der Waals surface area (Å²) in [5.41, 5.74) is 1.01. The van der Waals surface area contributed by atoms with Gasteiger partial charge in [-0.15, -0.1) is 0 Å². The summed E-state index contributed by atoms with van der Waals surface area (Å²) in [5, 5.41) is 2.72. The molecule has 0 spiro atoms. The van der Waals surface area contributed by atoms with Gasteiger partial charge in [0.15, 0.2) is 15.6 Å². The highest BCUT2D eigenvalue weighted by Gasteiger charge is 2.22. The Hall–Kier alpha value is -3.13. The fraction of sp³-hybridized carbons (Fsp3) is 0.200. The Morgan fingerprint density at radius 2 is 1.89 bits per heavy atom. The van der Waals surface area contributed by atoms with Gasteiger partial charge < -0.3 is 14.5 Å². The van der Waals surface area contributed by atoms with Crippen molar-refractivity contribution >= 4 is 15.7 Å². The van der Waals surface area contributed by atoms with Crippen LogP contribution in [0.15, 0.2) is 70.3 Å².